The molecule has 30 heavy (non-hydrogen) atoms. The molecule has 1 aromatic rings. The molecule has 0 radical (unpaired) electrons. The summed E-state index contributed by atoms with van der Waals surface area (Å²) < 4.78 is 16.4. The number of halogens is 1. The maximum Gasteiger partial charge on any atom is 0.191 e. The van der Waals surface area contributed by atoms with Gasteiger partial charge < -0.3 is 24.8 Å². The highest BCUT2D eigenvalue weighted by Crippen LogP contribution is 2.40. The van der Waals surface area contributed by atoms with Crippen LogP contribution in [0.5, 0.6) is 5.75 Å². The number of nitrogens with one attached hydrogen (secondary N) is 2. The molecule has 0 unspecified atom stereocenters. The average Bonchev–Trinajstić information content (AvgIpc) is 3.19. The van der Waals surface area contributed by atoms with Gasteiger partial charge in [0.25, 0.3) is 0 Å². The van der Waals surface area contributed by atoms with E-state index in [1.807, 2.05) is 0 Å². The highest BCUT2D eigenvalue weighted by molar-refractivity contribution is 14.0. The minimum absolute atomic E-state index is 0. The molecule has 2 rings (SSSR count). The van der Waals surface area contributed by atoms with Gasteiger partial charge in [-0.15, -0.1) is 24.0 Å². The van der Waals surface area contributed by atoms with Crippen LogP contribution in [0, 0.1) is 12.3 Å². The van der Waals surface area contributed by atoms with Gasteiger partial charge in [0.1, 0.15) is 12.4 Å². The molecule has 1 saturated carbocycles. The van der Waals surface area contributed by atoms with Crippen LogP contribution in [0.2, 0.25) is 0 Å². The lowest BCUT2D eigenvalue weighted by atomic mass is 9.83. The number of aryl methyl sites for hydroxylation is 1. The number of benzene rings is 1. The Hall–Kier alpha value is -1.06. The molecule has 0 heterocycles. The molecule has 0 spiro atoms. The highest BCUT2D eigenvalue weighted by atomic mass is 127. The van der Waals surface area contributed by atoms with E-state index < -0.39 is 0 Å². The van der Waals surface area contributed by atoms with Crippen LogP contribution in [-0.4, -0.2) is 53.1 Å². The molecule has 0 saturated heterocycles. The highest BCUT2D eigenvalue weighted by Gasteiger charge is 2.33. The molecule has 1 fully saturated rings. The van der Waals surface area contributed by atoms with Crippen LogP contribution in [0.1, 0.15) is 50.2 Å². The van der Waals surface area contributed by atoms with Crippen LogP contribution in [0.25, 0.3) is 0 Å². The molecule has 1 aliphatic rings. The van der Waals surface area contributed by atoms with Crippen LogP contribution >= 0.6 is 24.0 Å². The summed E-state index contributed by atoms with van der Waals surface area (Å²) in [6.07, 6.45) is 6.25. The molecule has 0 bridgehead atoms. The van der Waals surface area contributed by atoms with E-state index in [9.17, 15) is 0 Å². The number of hydrogen-bond acceptors (Lipinski definition) is 4. The Morgan fingerprint density at radius 2 is 1.80 bits per heavy atom. The van der Waals surface area contributed by atoms with Gasteiger partial charge in [-0.3, -0.25) is 0 Å². The first-order chi connectivity index (χ1) is 14.1. The summed E-state index contributed by atoms with van der Waals surface area (Å²) in [5, 5.41) is 6.97. The summed E-state index contributed by atoms with van der Waals surface area (Å²) in [5.74, 6) is 1.74. The Balaban J connectivity index is 0.00000450. The summed E-state index contributed by atoms with van der Waals surface area (Å²) in [5.41, 5.74) is 2.58. The largest absolute Gasteiger partial charge is 0.491 e. The third kappa shape index (κ3) is 8.98. The van der Waals surface area contributed by atoms with Crippen molar-refractivity contribution in [3.05, 3.63) is 29.3 Å². The lowest BCUT2D eigenvalue weighted by Gasteiger charge is -2.30. The molecule has 1 aromatic carbocycles. The predicted molar refractivity (Wildman–Crippen MR) is 134 cm³/mol. The molecule has 6 nitrogen and oxygen atoms in total. The first kappa shape index (κ1) is 27.0. The van der Waals surface area contributed by atoms with Crippen LogP contribution in [-0.2, 0) is 16.0 Å². The van der Waals surface area contributed by atoms with Crippen LogP contribution in [0.15, 0.2) is 23.2 Å². The number of aliphatic imine (C=N–C) groups is 1. The second-order valence-electron chi connectivity index (χ2n) is 7.95. The fourth-order valence-corrected chi connectivity index (χ4v) is 3.90. The van der Waals surface area contributed by atoms with Gasteiger partial charge in [0, 0.05) is 39.5 Å². The molecule has 0 amide bonds. The molecule has 7 heteroatoms. The lowest BCUT2D eigenvalue weighted by molar-refractivity contribution is 0.138. The third-order valence-electron chi connectivity index (χ3n) is 5.65. The first-order valence-corrected chi connectivity index (χ1v) is 10.8. The second kappa shape index (κ2) is 14.9. The van der Waals surface area contributed by atoms with E-state index in [0.29, 0.717) is 25.2 Å². The number of hydrogen-bond donors (Lipinski definition) is 2. The van der Waals surface area contributed by atoms with Crippen molar-refractivity contribution < 1.29 is 14.2 Å². The molecule has 172 valence electrons. The molecular weight excluding hydrogens is 493 g/mol. The van der Waals surface area contributed by atoms with E-state index in [1.165, 1.54) is 31.2 Å². The minimum atomic E-state index is 0. The molecule has 1 aliphatic carbocycles. The quantitative estimate of drug-likeness (QED) is 0.182. The zero-order valence-corrected chi connectivity index (χ0v) is 21.4. The first-order valence-electron chi connectivity index (χ1n) is 10.8. The van der Waals surface area contributed by atoms with E-state index in [-0.39, 0.29) is 24.0 Å². The van der Waals surface area contributed by atoms with Gasteiger partial charge in [-0.1, -0.05) is 25.0 Å². The summed E-state index contributed by atoms with van der Waals surface area (Å²) in [7, 11) is 3.47. The van der Waals surface area contributed by atoms with Gasteiger partial charge in [-0.05, 0) is 50.2 Å². The van der Waals surface area contributed by atoms with Gasteiger partial charge in [-0.2, -0.15) is 0 Å². The van der Waals surface area contributed by atoms with Crippen LogP contribution in [0.3, 0.4) is 0 Å². The molecular formula is C23H40IN3O3. The number of methoxy groups -OCH3 is 2. The number of ether oxygens (including phenoxy) is 3. The van der Waals surface area contributed by atoms with E-state index in [2.05, 4.69) is 42.7 Å². The summed E-state index contributed by atoms with van der Waals surface area (Å²) >= 11 is 0. The van der Waals surface area contributed by atoms with E-state index >= 15 is 0 Å². The fourth-order valence-electron chi connectivity index (χ4n) is 3.90. The standard InChI is InChI=1S/C23H39N3O3.HI/c1-5-24-22(26-18-23(12-13-27-3)10-6-7-11-23)25-17-20-9-8-19(2)16-21(20)29-15-14-28-4;/h8-9,16H,5-7,10-15,17-18H2,1-4H3,(H2,24,25,26);1H. The predicted octanol–water partition coefficient (Wildman–Crippen LogP) is 4.29. The number of nitrogens with zero attached hydrogens (tertiary/aromatic N) is 1. The maximum atomic E-state index is 5.90. The Bertz CT molecular complexity index is 634. The summed E-state index contributed by atoms with van der Waals surface area (Å²) in [6, 6.07) is 6.27. The zero-order chi connectivity index (χ0) is 21.0. The molecule has 0 atom stereocenters. The van der Waals surface area contributed by atoms with Crippen molar-refractivity contribution in [3.8, 4) is 5.75 Å². The Morgan fingerprint density at radius 3 is 2.47 bits per heavy atom. The van der Waals surface area contributed by atoms with Gasteiger partial charge in [0.05, 0.1) is 13.2 Å². The zero-order valence-electron chi connectivity index (χ0n) is 19.1. The lowest BCUT2D eigenvalue weighted by Crippen LogP contribution is -2.43. The van der Waals surface area contributed by atoms with Gasteiger partial charge in [0.2, 0.25) is 0 Å². The molecule has 0 aliphatic heterocycles. The topological polar surface area (TPSA) is 64.1 Å². The normalized spacial score (nSPS) is 15.5. The monoisotopic (exact) mass is 533 g/mol. The smallest absolute Gasteiger partial charge is 0.191 e. The number of guanidine groups is 1. The number of rotatable bonds is 12. The van der Waals surface area contributed by atoms with Crippen molar-refractivity contribution in [2.75, 3.05) is 47.1 Å². The van der Waals surface area contributed by atoms with Crippen molar-refractivity contribution in [2.24, 2.45) is 10.4 Å². The average molecular weight is 533 g/mol. The van der Waals surface area contributed by atoms with Crippen molar-refractivity contribution in [1.29, 1.82) is 0 Å². The van der Waals surface area contributed by atoms with Crippen molar-refractivity contribution in [3.63, 3.8) is 0 Å². The SMILES string of the molecule is CCNC(=NCc1ccc(C)cc1OCCOC)NCC1(CCOC)CCCC1.I. The van der Waals surface area contributed by atoms with Gasteiger partial charge >= 0.3 is 0 Å². The molecule has 0 aromatic heterocycles. The maximum absolute atomic E-state index is 5.90. The minimum Gasteiger partial charge on any atom is -0.491 e. The second-order valence-corrected chi connectivity index (χ2v) is 7.95. The van der Waals surface area contributed by atoms with Gasteiger partial charge in [-0.25, -0.2) is 4.99 Å². The van der Waals surface area contributed by atoms with Crippen molar-refractivity contribution in [2.45, 2.75) is 52.5 Å². The fraction of sp³-hybridized carbons (Fsp3) is 0.696. The van der Waals surface area contributed by atoms with E-state index in [4.69, 9.17) is 19.2 Å². The van der Waals surface area contributed by atoms with Gasteiger partial charge in [0.15, 0.2) is 5.96 Å². The molecule has 2 N–H and O–H groups in total. The Morgan fingerprint density at radius 1 is 1.07 bits per heavy atom. The summed E-state index contributed by atoms with van der Waals surface area (Å²) in [4.78, 5) is 4.83. The van der Waals surface area contributed by atoms with Crippen LogP contribution in [0.4, 0.5) is 0 Å². The third-order valence-corrected chi connectivity index (χ3v) is 5.65. The van der Waals surface area contributed by atoms with E-state index in [0.717, 1.165) is 43.4 Å². The van der Waals surface area contributed by atoms with Crippen LogP contribution < -0.4 is 15.4 Å². The Labute approximate surface area is 199 Å². The van der Waals surface area contributed by atoms with Crippen molar-refractivity contribution >= 4 is 29.9 Å². The summed E-state index contributed by atoms with van der Waals surface area (Å²) in [6.45, 7) is 8.45. The Kier molecular flexibility index (Phi) is 13.4. The van der Waals surface area contributed by atoms with E-state index in [1.54, 1.807) is 14.2 Å². The van der Waals surface area contributed by atoms with Crippen molar-refractivity contribution in [1.82, 2.24) is 10.6 Å².